The minimum absolute atomic E-state index is 0. The standard InChI is InChI=1S/C13H19NO.ClH/c1-2-6-12(9-13(14)10-15)11-7-4-3-5-8-11;/h3-8,13,15H,2,9-10,14H2,1H3;1H/b12-6-;. The van der Waals surface area contributed by atoms with Gasteiger partial charge in [-0.1, -0.05) is 43.3 Å². The van der Waals surface area contributed by atoms with E-state index in [1.165, 1.54) is 11.1 Å². The second kappa shape index (κ2) is 8.34. The predicted octanol–water partition coefficient (Wildman–Crippen LogP) is 2.61. The Hall–Kier alpha value is -0.830. The SMILES string of the molecule is CC/C=C(/CC(N)CO)c1ccccc1.Cl. The molecule has 0 fully saturated rings. The number of halogens is 1. The van der Waals surface area contributed by atoms with Crippen LogP contribution in [0.25, 0.3) is 5.57 Å². The lowest BCUT2D eigenvalue weighted by molar-refractivity contribution is 0.267. The molecule has 1 atom stereocenters. The van der Waals surface area contributed by atoms with Gasteiger partial charge in [-0.05, 0) is 24.0 Å². The summed E-state index contributed by atoms with van der Waals surface area (Å²) in [5, 5.41) is 8.95. The fourth-order valence-electron chi connectivity index (χ4n) is 1.56. The van der Waals surface area contributed by atoms with Gasteiger partial charge >= 0.3 is 0 Å². The lowest BCUT2D eigenvalue weighted by atomic mass is 9.98. The number of benzene rings is 1. The van der Waals surface area contributed by atoms with E-state index in [2.05, 4.69) is 25.1 Å². The van der Waals surface area contributed by atoms with E-state index in [9.17, 15) is 0 Å². The van der Waals surface area contributed by atoms with Crippen molar-refractivity contribution in [1.82, 2.24) is 0 Å². The monoisotopic (exact) mass is 241 g/mol. The van der Waals surface area contributed by atoms with Crippen molar-refractivity contribution in [3.8, 4) is 0 Å². The van der Waals surface area contributed by atoms with Gasteiger partial charge in [-0.15, -0.1) is 12.4 Å². The third-order valence-electron chi connectivity index (χ3n) is 2.31. The van der Waals surface area contributed by atoms with Gasteiger partial charge in [-0.3, -0.25) is 0 Å². The lowest BCUT2D eigenvalue weighted by Gasteiger charge is -2.12. The molecular formula is C13H20ClNO. The molecule has 3 heteroatoms. The summed E-state index contributed by atoms with van der Waals surface area (Å²) in [7, 11) is 0. The molecule has 2 nitrogen and oxygen atoms in total. The molecule has 16 heavy (non-hydrogen) atoms. The van der Waals surface area contributed by atoms with Crippen LogP contribution in [0.1, 0.15) is 25.3 Å². The van der Waals surface area contributed by atoms with E-state index in [0.717, 1.165) is 12.8 Å². The van der Waals surface area contributed by atoms with E-state index in [4.69, 9.17) is 10.8 Å². The van der Waals surface area contributed by atoms with E-state index < -0.39 is 0 Å². The van der Waals surface area contributed by atoms with Crippen LogP contribution < -0.4 is 5.73 Å². The molecule has 0 heterocycles. The number of nitrogens with two attached hydrogens (primary N) is 1. The highest BCUT2D eigenvalue weighted by Crippen LogP contribution is 2.19. The van der Waals surface area contributed by atoms with E-state index in [-0.39, 0.29) is 25.1 Å². The molecule has 0 aliphatic carbocycles. The first-order chi connectivity index (χ1) is 7.27. The summed E-state index contributed by atoms with van der Waals surface area (Å²) < 4.78 is 0. The Morgan fingerprint density at radius 2 is 2.00 bits per heavy atom. The van der Waals surface area contributed by atoms with Gasteiger partial charge in [0.2, 0.25) is 0 Å². The van der Waals surface area contributed by atoms with Crippen LogP contribution in [0, 0.1) is 0 Å². The van der Waals surface area contributed by atoms with Crippen LogP contribution in [-0.4, -0.2) is 17.8 Å². The van der Waals surface area contributed by atoms with Crippen molar-refractivity contribution < 1.29 is 5.11 Å². The molecule has 0 aliphatic rings. The Kier molecular flexibility index (Phi) is 7.90. The third kappa shape index (κ3) is 4.79. The maximum atomic E-state index is 8.95. The molecule has 90 valence electrons. The molecule has 0 amide bonds. The molecule has 1 aromatic rings. The summed E-state index contributed by atoms with van der Waals surface area (Å²) in [5.41, 5.74) is 8.17. The van der Waals surface area contributed by atoms with E-state index in [1.807, 2.05) is 18.2 Å². The molecule has 1 aromatic carbocycles. The molecular weight excluding hydrogens is 222 g/mol. The van der Waals surface area contributed by atoms with E-state index in [0.29, 0.717) is 0 Å². The maximum absolute atomic E-state index is 8.95. The second-order valence-corrected chi connectivity index (χ2v) is 3.65. The van der Waals surface area contributed by atoms with Crippen molar-refractivity contribution in [2.45, 2.75) is 25.8 Å². The minimum atomic E-state index is -0.164. The molecule has 0 spiro atoms. The zero-order chi connectivity index (χ0) is 11.1. The fourth-order valence-corrected chi connectivity index (χ4v) is 1.56. The first kappa shape index (κ1) is 15.2. The van der Waals surface area contributed by atoms with Crippen molar-refractivity contribution in [3.63, 3.8) is 0 Å². The van der Waals surface area contributed by atoms with Crippen molar-refractivity contribution in [2.75, 3.05) is 6.61 Å². The van der Waals surface area contributed by atoms with Crippen molar-refractivity contribution in [2.24, 2.45) is 5.73 Å². The summed E-state index contributed by atoms with van der Waals surface area (Å²) >= 11 is 0. The summed E-state index contributed by atoms with van der Waals surface area (Å²) in [4.78, 5) is 0. The average molecular weight is 242 g/mol. The largest absolute Gasteiger partial charge is 0.395 e. The Morgan fingerprint density at radius 3 is 2.50 bits per heavy atom. The Morgan fingerprint density at radius 1 is 1.38 bits per heavy atom. The van der Waals surface area contributed by atoms with Crippen molar-refractivity contribution in [1.29, 1.82) is 0 Å². The van der Waals surface area contributed by atoms with Crippen LogP contribution in [0.5, 0.6) is 0 Å². The van der Waals surface area contributed by atoms with Crippen LogP contribution in [0.3, 0.4) is 0 Å². The van der Waals surface area contributed by atoms with E-state index in [1.54, 1.807) is 0 Å². The third-order valence-corrected chi connectivity index (χ3v) is 2.31. The summed E-state index contributed by atoms with van der Waals surface area (Å²) in [6, 6.07) is 10.0. The van der Waals surface area contributed by atoms with Crippen molar-refractivity contribution >= 4 is 18.0 Å². The van der Waals surface area contributed by atoms with Crippen molar-refractivity contribution in [3.05, 3.63) is 42.0 Å². The molecule has 3 N–H and O–H groups in total. The quantitative estimate of drug-likeness (QED) is 0.833. The van der Waals surface area contributed by atoms with Crippen LogP contribution in [0.4, 0.5) is 0 Å². The molecule has 0 bridgehead atoms. The normalized spacial score (nSPS) is 13.1. The Labute approximate surface area is 104 Å². The van der Waals surface area contributed by atoms with Crippen LogP contribution in [-0.2, 0) is 0 Å². The Balaban J connectivity index is 0.00000225. The van der Waals surface area contributed by atoms with Crippen LogP contribution >= 0.6 is 12.4 Å². The summed E-state index contributed by atoms with van der Waals surface area (Å²) in [6.07, 6.45) is 3.89. The first-order valence-corrected chi connectivity index (χ1v) is 5.38. The molecule has 0 saturated carbocycles. The number of aliphatic hydroxyl groups excluding tert-OH is 1. The van der Waals surface area contributed by atoms with Gasteiger partial charge in [0.05, 0.1) is 6.61 Å². The molecule has 0 saturated heterocycles. The summed E-state index contributed by atoms with van der Waals surface area (Å²) in [6.45, 7) is 2.14. The highest BCUT2D eigenvalue weighted by molar-refractivity contribution is 5.85. The number of aliphatic hydroxyl groups is 1. The predicted molar refractivity (Wildman–Crippen MR) is 71.6 cm³/mol. The van der Waals surface area contributed by atoms with Gasteiger partial charge in [0, 0.05) is 6.04 Å². The van der Waals surface area contributed by atoms with Gasteiger partial charge in [0.25, 0.3) is 0 Å². The highest BCUT2D eigenvalue weighted by atomic mass is 35.5. The average Bonchev–Trinajstić information content (AvgIpc) is 2.29. The zero-order valence-corrected chi connectivity index (χ0v) is 10.4. The number of rotatable bonds is 5. The number of allylic oxidation sites excluding steroid dienone is 1. The molecule has 1 unspecified atom stereocenters. The zero-order valence-electron chi connectivity index (χ0n) is 9.60. The maximum Gasteiger partial charge on any atom is 0.0585 e. The molecule has 0 aromatic heterocycles. The number of hydrogen-bond acceptors (Lipinski definition) is 2. The topological polar surface area (TPSA) is 46.2 Å². The Bertz CT molecular complexity index is 311. The van der Waals surface area contributed by atoms with Crippen LogP contribution in [0.2, 0.25) is 0 Å². The number of hydrogen-bond donors (Lipinski definition) is 2. The summed E-state index contributed by atoms with van der Waals surface area (Å²) in [5.74, 6) is 0. The smallest absolute Gasteiger partial charge is 0.0585 e. The first-order valence-electron chi connectivity index (χ1n) is 5.38. The minimum Gasteiger partial charge on any atom is -0.395 e. The van der Waals surface area contributed by atoms with Crippen LogP contribution in [0.15, 0.2) is 36.4 Å². The van der Waals surface area contributed by atoms with Gasteiger partial charge in [0.15, 0.2) is 0 Å². The molecule has 0 aliphatic heterocycles. The fraction of sp³-hybridized carbons (Fsp3) is 0.385. The highest BCUT2D eigenvalue weighted by Gasteiger charge is 2.06. The van der Waals surface area contributed by atoms with Gasteiger partial charge in [-0.25, -0.2) is 0 Å². The van der Waals surface area contributed by atoms with Gasteiger partial charge in [-0.2, -0.15) is 0 Å². The molecule has 1 rings (SSSR count). The van der Waals surface area contributed by atoms with Gasteiger partial charge < -0.3 is 10.8 Å². The van der Waals surface area contributed by atoms with Gasteiger partial charge in [0.1, 0.15) is 0 Å². The van der Waals surface area contributed by atoms with E-state index >= 15 is 0 Å². The molecule has 0 radical (unpaired) electrons. The lowest BCUT2D eigenvalue weighted by Crippen LogP contribution is -2.24. The second-order valence-electron chi connectivity index (χ2n) is 3.65.